The molecule has 0 radical (unpaired) electrons. The molecule has 21 heavy (non-hydrogen) atoms. The van der Waals surface area contributed by atoms with Crippen molar-refractivity contribution in [3.05, 3.63) is 77.6 Å². The highest BCUT2D eigenvalue weighted by molar-refractivity contribution is 5.84. The maximum atomic E-state index is 13.5. The molecule has 0 aliphatic carbocycles. The van der Waals surface area contributed by atoms with Crippen molar-refractivity contribution < 1.29 is 14.2 Å². The Bertz CT molecular complexity index is 768. The summed E-state index contributed by atoms with van der Waals surface area (Å²) in [5.74, 6) is 0.438. The van der Waals surface area contributed by atoms with E-state index in [2.05, 4.69) is 0 Å². The highest BCUT2D eigenvalue weighted by Crippen LogP contribution is 2.23. The van der Waals surface area contributed by atoms with Crippen LogP contribution < -0.4 is 4.74 Å². The fraction of sp³-hybridized carbons (Fsp3) is 0.111. The van der Waals surface area contributed by atoms with Crippen LogP contribution in [0.25, 0.3) is 10.8 Å². The Morgan fingerprint density at radius 3 is 2.48 bits per heavy atom. The van der Waals surface area contributed by atoms with Gasteiger partial charge in [0.2, 0.25) is 0 Å². The molecule has 3 heteroatoms. The van der Waals surface area contributed by atoms with Crippen LogP contribution in [-0.4, -0.2) is 5.11 Å². The van der Waals surface area contributed by atoms with E-state index in [1.54, 1.807) is 18.2 Å². The number of hydrogen-bond donors (Lipinski definition) is 1. The average molecular weight is 282 g/mol. The maximum absolute atomic E-state index is 13.5. The van der Waals surface area contributed by atoms with Gasteiger partial charge in [-0.25, -0.2) is 4.39 Å². The van der Waals surface area contributed by atoms with Crippen LogP contribution in [0.15, 0.2) is 60.7 Å². The number of rotatable bonds is 4. The van der Waals surface area contributed by atoms with E-state index >= 15 is 0 Å². The number of hydrogen-bond acceptors (Lipinski definition) is 2. The minimum absolute atomic E-state index is 0.0292. The van der Waals surface area contributed by atoms with Crippen LogP contribution in [0.3, 0.4) is 0 Å². The fourth-order valence-electron chi connectivity index (χ4n) is 2.24. The summed E-state index contributed by atoms with van der Waals surface area (Å²) in [5, 5.41) is 11.2. The number of benzene rings is 3. The third kappa shape index (κ3) is 3.03. The summed E-state index contributed by atoms with van der Waals surface area (Å²) >= 11 is 0. The lowest BCUT2D eigenvalue weighted by Gasteiger charge is -2.08. The topological polar surface area (TPSA) is 29.5 Å². The van der Waals surface area contributed by atoms with Gasteiger partial charge in [-0.05, 0) is 40.6 Å². The van der Waals surface area contributed by atoms with E-state index in [-0.39, 0.29) is 19.0 Å². The number of aliphatic hydroxyl groups is 1. The van der Waals surface area contributed by atoms with Gasteiger partial charge in [-0.3, -0.25) is 0 Å². The Labute approximate surface area is 122 Å². The Balaban J connectivity index is 1.80. The molecular formula is C18H15FO2. The quantitative estimate of drug-likeness (QED) is 0.782. The molecule has 1 N–H and O–H groups in total. The maximum Gasteiger partial charge on any atom is 0.129 e. The van der Waals surface area contributed by atoms with E-state index in [1.165, 1.54) is 6.07 Å². The van der Waals surface area contributed by atoms with E-state index in [0.717, 1.165) is 16.3 Å². The van der Waals surface area contributed by atoms with Gasteiger partial charge in [-0.1, -0.05) is 36.4 Å². The van der Waals surface area contributed by atoms with Crippen LogP contribution in [0.1, 0.15) is 11.1 Å². The van der Waals surface area contributed by atoms with Gasteiger partial charge in [-0.2, -0.15) is 0 Å². The first-order chi connectivity index (χ1) is 10.3. The van der Waals surface area contributed by atoms with Crippen molar-refractivity contribution in [2.24, 2.45) is 0 Å². The fourth-order valence-corrected chi connectivity index (χ4v) is 2.24. The predicted octanol–water partition coefficient (Wildman–Crippen LogP) is 4.05. The van der Waals surface area contributed by atoms with E-state index in [4.69, 9.17) is 9.84 Å². The standard InChI is InChI=1S/C18H15FO2/c19-18-4-2-1-3-16(18)12-21-17-8-7-14-9-13(11-20)5-6-15(14)10-17/h1-10,20H,11-12H2. The van der Waals surface area contributed by atoms with Gasteiger partial charge in [0, 0.05) is 5.56 Å². The molecule has 3 aromatic carbocycles. The lowest BCUT2D eigenvalue weighted by atomic mass is 10.1. The van der Waals surface area contributed by atoms with Crippen molar-refractivity contribution >= 4 is 10.8 Å². The predicted molar refractivity (Wildman–Crippen MR) is 80.6 cm³/mol. The van der Waals surface area contributed by atoms with Crippen molar-refractivity contribution in [3.63, 3.8) is 0 Å². The molecule has 3 rings (SSSR count). The third-order valence-electron chi connectivity index (χ3n) is 3.41. The Hall–Kier alpha value is -2.39. The van der Waals surface area contributed by atoms with Gasteiger partial charge in [0.25, 0.3) is 0 Å². The molecule has 0 amide bonds. The summed E-state index contributed by atoms with van der Waals surface area (Å²) in [6.45, 7) is 0.231. The zero-order chi connectivity index (χ0) is 14.7. The largest absolute Gasteiger partial charge is 0.489 e. The molecule has 0 bridgehead atoms. The first kappa shape index (κ1) is 13.6. The Kier molecular flexibility index (Phi) is 3.84. The molecular weight excluding hydrogens is 267 g/mol. The second-order valence-electron chi connectivity index (χ2n) is 4.88. The summed E-state index contributed by atoms with van der Waals surface area (Å²) < 4.78 is 19.2. The first-order valence-corrected chi connectivity index (χ1v) is 6.76. The second-order valence-corrected chi connectivity index (χ2v) is 4.88. The molecule has 0 aromatic heterocycles. The number of halogens is 1. The molecule has 0 atom stereocenters. The van der Waals surface area contributed by atoms with Crippen LogP contribution in [0, 0.1) is 5.82 Å². The summed E-state index contributed by atoms with van der Waals surface area (Å²) in [4.78, 5) is 0. The lowest BCUT2D eigenvalue weighted by molar-refractivity contribution is 0.282. The van der Waals surface area contributed by atoms with Crippen LogP contribution in [0.5, 0.6) is 5.75 Å². The van der Waals surface area contributed by atoms with Crippen molar-refractivity contribution in [1.29, 1.82) is 0 Å². The zero-order valence-electron chi connectivity index (χ0n) is 11.4. The molecule has 0 aliphatic rings. The average Bonchev–Trinajstić information content (AvgIpc) is 2.53. The zero-order valence-corrected chi connectivity index (χ0v) is 11.4. The van der Waals surface area contributed by atoms with Gasteiger partial charge in [0.05, 0.1) is 6.61 Å². The van der Waals surface area contributed by atoms with Crippen molar-refractivity contribution in [1.82, 2.24) is 0 Å². The van der Waals surface area contributed by atoms with Gasteiger partial charge < -0.3 is 9.84 Å². The van der Waals surface area contributed by atoms with Gasteiger partial charge in [0.15, 0.2) is 0 Å². The summed E-state index contributed by atoms with van der Waals surface area (Å²) in [7, 11) is 0. The molecule has 106 valence electrons. The number of aliphatic hydroxyl groups excluding tert-OH is 1. The second kappa shape index (κ2) is 5.94. The monoisotopic (exact) mass is 282 g/mol. The Morgan fingerprint density at radius 2 is 1.67 bits per heavy atom. The van der Waals surface area contributed by atoms with E-state index < -0.39 is 0 Å². The summed E-state index contributed by atoms with van der Waals surface area (Å²) in [5.41, 5.74) is 1.41. The molecule has 0 fully saturated rings. The molecule has 0 saturated heterocycles. The van der Waals surface area contributed by atoms with E-state index in [1.807, 2.05) is 36.4 Å². The third-order valence-corrected chi connectivity index (χ3v) is 3.41. The van der Waals surface area contributed by atoms with Crippen LogP contribution in [0.4, 0.5) is 4.39 Å². The normalized spacial score (nSPS) is 10.8. The molecule has 2 nitrogen and oxygen atoms in total. The van der Waals surface area contributed by atoms with Crippen molar-refractivity contribution in [2.75, 3.05) is 0 Å². The molecule has 3 aromatic rings. The molecule has 0 heterocycles. The minimum Gasteiger partial charge on any atom is -0.489 e. The van der Waals surface area contributed by atoms with E-state index in [9.17, 15) is 4.39 Å². The van der Waals surface area contributed by atoms with E-state index in [0.29, 0.717) is 11.3 Å². The molecule has 0 saturated carbocycles. The molecule has 0 aliphatic heterocycles. The minimum atomic E-state index is -0.258. The SMILES string of the molecule is OCc1ccc2cc(OCc3ccccc3F)ccc2c1. The van der Waals surface area contributed by atoms with Crippen LogP contribution >= 0.6 is 0 Å². The first-order valence-electron chi connectivity index (χ1n) is 6.76. The van der Waals surface area contributed by atoms with Crippen molar-refractivity contribution in [2.45, 2.75) is 13.2 Å². The van der Waals surface area contributed by atoms with Crippen molar-refractivity contribution in [3.8, 4) is 5.75 Å². The summed E-state index contributed by atoms with van der Waals surface area (Å²) in [6, 6.07) is 18.0. The van der Waals surface area contributed by atoms with Gasteiger partial charge >= 0.3 is 0 Å². The molecule has 0 unspecified atom stereocenters. The van der Waals surface area contributed by atoms with Crippen LogP contribution in [0.2, 0.25) is 0 Å². The number of fused-ring (bicyclic) bond motifs is 1. The smallest absolute Gasteiger partial charge is 0.129 e. The highest BCUT2D eigenvalue weighted by atomic mass is 19.1. The lowest BCUT2D eigenvalue weighted by Crippen LogP contribution is -1.98. The van der Waals surface area contributed by atoms with Crippen LogP contribution in [-0.2, 0) is 13.2 Å². The molecule has 0 spiro atoms. The highest BCUT2D eigenvalue weighted by Gasteiger charge is 2.03. The Morgan fingerprint density at radius 1 is 0.905 bits per heavy atom. The summed E-state index contributed by atoms with van der Waals surface area (Å²) in [6.07, 6.45) is 0. The number of ether oxygens (including phenoxy) is 1. The van der Waals surface area contributed by atoms with Gasteiger partial charge in [-0.15, -0.1) is 0 Å². The van der Waals surface area contributed by atoms with Gasteiger partial charge in [0.1, 0.15) is 18.2 Å².